The molecule has 5 heteroatoms. The van der Waals surface area contributed by atoms with E-state index in [1.807, 2.05) is 18.2 Å². The molecular formula is C16H24N2O2S. The standard InChI is InChI=1S/C16H24N2O2S/c1-2-8-17-16(19)15(18-9-14-10-20-14)12-21-11-13-6-4-3-5-7-13/h3-7,14-15,18H,2,8-12H2,1H3,(H,17,19). The lowest BCUT2D eigenvalue weighted by molar-refractivity contribution is -0.122. The first-order chi connectivity index (χ1) is 10.3. The van der Waals surface area contributed by atoms with Crippen LogP contribution in [0.3, 0.4) is 0 Å². The molecule has 0 radical (unpaired) electrons. The molecule has 1 saturated heterocycles. The van der Waals surface area contributed by atoms with Gasteiger partial charge in [-0.15, -0.1) is 0 Å². The summed E-state index contributed by atoms with van der Waals surface area (Å²) in [6.45, 7) is 4.37. The minimum atomic E-state index is -0.144. The molecule has 0 spiro atoms. The highest BCUT2D eigenvalue weighted by molar-refractivity contribution is 7.98. The van der Waals surface area contributed by atoms with Crippen molar-refractivity contribution in [1.29, 1.82) is 0 Å². The van der Waals surface area contributed by atoms with E-state index in [4.69, 9.17) is 4.74 Å². The van der Waals surface area contributed by atoms with Gasteiger partial charge in [0, 0.05) is 24.6 Å². The summed E-state index contributed by atoms with van der Waals surface area (Å²) in [6, 6.07) is 10.2. The number of amides is 1. The first kappa shape index (κ1) is 16.3. The number of rotatable bonds is 10. The molecule has 2 unspecified atom stereocenters. The van der Waals surface area contributed by atoms with Gasteiger partial charge < -0.3 is 15.4 Å². The molecule has 2 atom stereocenters. The Morgan fingerprint density at radius 2 is 2.19 bits per heavy atom. The van der Waals surface area contributed by atoms with Crippen LogP contribution in [0.15, 0.2) is 30.3 Å². The van der Waals surface area contributed by atoms with Crippen LogP contribution in [0.25, 0.3) is 0 Å². The van der Waals surface area contributed by atoms with Gasteiger partial charge in [-0.25, -0.2) is 0 Å². The Bertz CT molecular complexity index is 424. The predicted molar refractivity (Wildman–Crippen MR) is 87.4 cm³/mol. The Labute approximate surface area is 131 Å². The topological polar surface area (TPSA) is 53.7 Å². The molecule has 4 nitrogen and oxygen atoms in total. The number of nitrogens with one attached hydrogen (secondary N) is 2. The summed E-state index contributed by atoms with van der Waals surface area (Å²) in [5, 5.41) is 6.29. The number of epoxide rings is 1. The lowest BCUT2D eigenvalue weighted by Crippen LogP contribution is -2.47. The predicted octanol–water partition coefficient (Wildman–Crippen LogP) is 1.80. The third-order valence-corrected chi connectivity index (χ3v) is 4.36. The maximum atomic E-state index is 12.1. The number of hydrogen-bond acceptors (Lipinski definition) is 4. The molecule has 0 bridgehead atoms. The van der Waals surface area contributed by atoms with Gasteiger partial charge in [0.1, 0.15) is 0 Å². The van der Waals surface area contributed by atoms with E-state index in [0.717, 1.165) is 37.6 Å². The Hall–Kier alpha value is -1.04. The first-order valence-electron chi connectivity index (χ1n) is 7.54. The van der Waals surface area contributed by atoms with Gasteiger partial charge in [-0.2, -0.15) is 11.8 Å². The quantitative estimate of drug-likeness (QED) is 0.647. The molecule has 2 N–H and O–H groups in total. The zero-order valence-corrected chi connectivity index (χ0v) is 13.3. The number of carbonyl (C=O) groups is 1. The van der Waals surface area contributed by atoms with Crippen LogP contribution in [-0.2, 0) is 15.3 Å². The number of benzene rings is 1. The van der Waals surface area contributed by atoms with Crippen LogP contribution in [0.2, 0.25) is 0 Å². The maximum Gasteiger partial charge on any atom is 0.237 e. The van der Waals surface area contributed by atoms with Crippen molar-refractivity contribution >= 4 is 17.7 Å². The van der Waals surface area contributed by atoms with Gasteiger partial charge in [0.2, 0.25) is 5.91 Å². The van der Waals surface area contributed by atoms with Crippen molar-refractivity contribution in [3.05, 3.63) is 35.9 Å². The van der Waals surface area contributed by atoms with E-state index < -0.39 is 0 Å². The first-order valence-corrected chi connectivity index (χ1v) is 8.69. The van der Waals surface area contributed by atoms with Gasteiger partial charge in [0.25, 0.3) is 0 Å². The van der Waals surface area contributed by atoms with Gasteiger partial charge >= 0.3 is 0 Å². The minimum Gasteiger partial charge on any atom is -0.372 e. The molecule has 1 fully saturated rings. The van der Waals surface area contributed by atoms with Gasteiger partial charge in [0.15, 0.2) is 0 Å². The van der Waals surface area contributed by atoms with E-state index in [0.29, 0.717) is 6.10 Å². The molecule has 1 aromatic carbocycles. The second-order valence-corrected chi connectivity index (χ2v) is 6.24. The molecule has 0 aliphatic carbocycles. The van der Waals surface area contributed by atoms with Gasteiger partial charge in [-0.3, -0.25) is 4.79 Å². The molecule has 116 valence electrons. The molecule has 0 saturated carbocycles. The minimum absolute atomic E-state index is 0.0954. The molecule has 21 heavy (non-hydrogen) atoms. The summed E-state index contributed by atoms with van der Waals surface area (Å²) < 4.78 is 5.19. The zero-order chi connectivity index (χ0) is 14.9. The van der Waals surface area contributed by atoms with Crippen LogP contribution < -0.4 is 10.6 Å². The van der Waals surface area contributed by atoms with E-state index in [-0.39, 0.29) is 11.9 Å². The second-order valence-electron chi connectivity index (χ2n) is 5.21. The van der Waals surface area contributed by atoms with Crippen molar-refractivity contribution in [2.24, 2.45) is 0 Å². The van der Waals surface area contributed by atoms with Crippen LogP contribution in [0, 0.1) is 0 Å². The normalized spacial score (nSPS) is 18.2. The summed E-state index contributed by atoms with van der Waals surface area (Å²) in [5.74, 6) is 1.80. The van der Waals surface area contributed by atoms with E-state index >= 15 is 0 Å². The van der Waals surface area contributed by atoms with Crippen LogP contribution in [0.4, 0.5) is 0 Å². The number of hydrogen-bond donors (Lipinski definition) is 2. The third-order valence-electron chi connectivity index (χ3n) is 3.26. The summed E-state index contributed by atoms with van der Waals surface area (Å²) in [7, 11) is 0. The highest BCUT2D eigenvalue weighted by atomic mass is 32.2. The number of thioether (sulfide) groups is 1. The number of ether oxygens (including phenoxy) is 1. The van der Waals surface area contributed by atoms with Gasteiger partial charge in [-0.1, -0.05) is 37.3 Å². The monoisotopic (exact) mass is 308 g/mol. The van der Waals surface area contributed by atoms with Crippen molar-refractivity contribution in [3.8, 4) is 0 Å². The van der Waals surface area contributed by atoms with Gasteiger partial charge in [0.05, 0.1) is 18.8 Å². The SMILES string of the molecule is CCCNC(=O)C(CSCc1ccccc1)NCC1CO1. The summed E-state index contributed by atoms with van der Waals surface area (Å²) in [6.07, 6.45) is 1.26. The smallest absolute Gasteiger partial charge is 0.237 e. The van der Waals surface area contributed by atoms with Gasteiger partial charge in [-0.05, 0) is 12.0 Å². The molecule has 0 aromatic heterocycles. The van der Waals surface area contributed by atoms with Crippen molar-refractivity contribution < 1.29 is 9.53 Å². The molecule has 2 rings (SSSR count). The number of carbonyl (C=O) groups excluding carboxylic acids is 1. The maximum absolute atomic E-state index is 12.1. The van der Waals surface area contributed by atoms with E-state index in [9.17, 15) is 4.79 Å². The zero-order valence-electron chi connectivity index (χ0n) is 12.5. The second kappa shape index (κ2) is 9.07. The van der Waals surface area contributed by atoms with E-state index in [1.54, 1.807) is 11.8 Å². The van der Waals surface area contributed by atoms with Crippen molar-refractivity contribution in [1.82, 2.24) is 10.6 Å². The molecule has 1 aliphatic heterocycles. The largest absolute Gasteiger partial charge is 0.372 e. The molecule has 1 amide bonds. The van der Waals surface area contributed by atoms with E-state index in [1.165, 1.54) is 5.56 Å². The van der Waals surface area contributed by atoms with E-state index in [2.05, 4.69) is 29.7 Å². The average Bonchev–Trinajstić information content (AvgIpc) is 3.33. The lowest BCUT2D eigenvalue weighted by Gasteiger charge is -2.17. The Balaban J connectivity index is 1.75. The molecule has 1 aromatic rings. The van der Waals surface area contributed by atoms with Crippen molar-refractivity contribution in [2.45, 2.75) is 31.2 Å². The Morgan fingerprint density at radius 3 is 2.86 bits per heavy atom. The molecule has 1 aliphatic rings. The highest BCUT2D eigenvalue weighted by Crippen LogP contribution is 2.14. The fourth-order valence-corrected chi connectivity index (χ4v) is 2.98. The molecule has 1 heterocycles. The summed E-state index contributed by atoms with van der Waals surface area (Å²) in [5.41, 5.74) is 1.29. The Kier molecular flexibility index (Phi) is 7.06. The molecular weight excluding hydrogens is 284 g/mol. The van der Waals surface area contributed by atoms with Crippen molar-refractivity contribution in [3.63, 3.8) is 0 Å². The van der Waals surface area contributed by atoms with Crippen molar-refractivity contribution in [2.75, 3.05) is 25.4 Å². The fourth-order valence-electron chi connectivity index (χ4n) is 1.93. The van der Waals surface area contributed by atoms with Crippen LogP contribution in [0.1, 0.15) is 18.9 Å². The lowest BCUT2D eigenvalue weighted by atomic mass is 10.2. The third kappa shape index (κ3) is 6.50. The highest BCUT2D eigenvalue weighted by Gasteiger charge is 2.25. The summed E-state index contributed by atoms with van der Waals surface area (Å²) >= 11 is 1.78. The summed E-state index contributed by atoms with van der Waals surface area (Å²) in [4.78, 5) is 12.1. The Morgan fingerprint density at radius 1 is 1.43 bits per heavy atom. The van der Waals surface area contributed by atoms with Crippen LogP contribution in [0.5, 0.6) is 0 Å². The van der Waals surface area contributed by atoms with Crippen LogP contribution >= 0.6 is 11.8 Å². The fraction of sp³-hybridized carbons (Fsp3) is 0.562. The van der Waals surface area contributed by atoms with Crippen LogP contribution in [-0.4, -0.2) is 43.5 Å². The average molecular weight is 308 g/mol.